The number of piperidine rings is 1. The lowest BCUT2D eigenvalue weighted by molar-refractivity contribution is -0.144. The Balaban J connectivity index is 1.39. The first kappa shape index (κ1) is 32.8. The van der Waals surface area contributed by atoms with Gasteiger partial charge in [-0.1, -0.05) is 36.2 Å². The maximum Gasteiger partial charge on any atom is 0.495 e. The molecule has 5 rings (SSSR count). The molecule has 1 aromatic heterocycles. The first-order chi connectivity index (χ1) is 21.4. The van der Waals surface area contributed by atoms with E-state index in [1.54, 1.807) is 24.4 Å². The van der Waals surface area contributed by atoms with E-state index < -0.39 is 30.3 Å². The Kier molecular flexibility index (Phi) is 9.75. The molecule has 2 aromatic carbocycles. The minimum Gasteiger partial charge on any atom is -0.488 e. The van der Waals surface area contributed by atoms with Crippen molar-refractivity contribution in [1.29, 1.82) is 5.26 Å². The third-order valence-corrected chi connectivity index (χ3v) is 9.38. The van der Waals surface area contributed by atoms with Gasteiger partial charge in [-0.2, -0.15) is 5.26 Å². The molecule has 2 saturated heterocycles. The fourth-order valence-electron chi connectivity index (χ4n) is 5.65. The van der Waals surface area contributed by atoms with Crippen molar-refractivity contribution in [2.24, 2.45) is 0 Å². The van der Waals surface area contributed by atoms with Crippen molar-refractivity contribution in [3.8, 4) is 17.6 Å². The minimum atomic E-state index is -0.833. The smallest absolute Gasteiger partial charge is 0.488 e. The van der Waals surface area contributed by atoms with Crippen LogP contribution in [0.5, 0.6) is 11.5 Å². The number of carboxylic acids is 1. The zero-order chi connectivity index (χ0) is 32.4. The number of hydrogen-bond donors (Lipinski definition) is 1. The molecule has 9 nitrogen and oxygen atoms in total. The molecule has 11 heteroatoms. The van der Waals surface area contributed by atoms with Crippen LogP contribution in [0.4, 0.5) is 0 Å². The van der Waals surface area contributed by atoms with Crippen LogP contribution in [0.1, 0.15) is 74.8 Å². The van der Waals surface area contributed by atoms with Crippen LogP contribution in [-0.4, -0.2) is 51.9 Å². The van der Waals surface area contributed by atoms with Gasteiger partial charge in [0.2, 0.25) is 0 Å². The Morgan fingerprint density at radius 3 is 2.53 bits per heavy atom. The van der Waals surface area contributed by atoms with E-state index >= 15 is 0 Å². The molecule has 3 aromatic rings. The summed E-state index contributed by atoms with van der Waals surface area (Å²) in [5.41, 5.74) is 3.93. The average molecular weight is 632 g/mol. The third-order valence-electron chi connectivity index (χ3n) is 9.08. The summed E-state index contributed by atoms with van der Waals surface area (Å²) in [6, 6.07) is 12.8. The van der Waals surface area contributed by atoms with Gasteiger partial charge < -0.3 is 23.9 Å². The van der Waals surface area contributed by atoms with Crippen LogP contribution in [0, 0.1) is 18.3 Å². The standard InChI is InChI=1S/C34H39BClN3O6/c1-22-25(9-8-10-27(22)35-44-33(2,3)34(4,5)45-35)21-43-31-15-30(42-20-24-13-23(16-37)17-38-18-24)26(14-28(31)36)19-39-12-7-6-11-29(39)32(40)41/h8-10,13-15,17-18,29H,6-7,11-12,19-21H2,1-5H3,(H,40,41)/t29-/m0/s1. The fourth-order valence-corrected chi connectivity index (χ4v) is 5.89. The molecule has 2 aliphatic rings. The van der Waals surface area contributed by atoms with E-state index in [9.17, 15) is 15.2 Å². The Morgan fingerprint density at radius 2 is 1.82 bits per heavy atom. The molecule has 0 unspecified atom stereocenters. The van der Waals surface area contributed by atoms with Gasteiger partial charge in [0.1, 0.15) is 36.8 Å². The number of pyridine rings is 1. The number of carbonyl (C=O) groups is 1. The van der Waals surface area contributed by atoms with Crippen LogP contribution in [0.3, 0.4) is 0 Å². The first-order valence-electron chi connectivity index (χ1n) is 15.2. The first-order valence-corrected chi connectivity index (χ1v) is 15.6. The van der Waals surface area contributed by atoms with Gasteiger partial charge in [-0.25, -0.2) is 0 Å². The SMILES string of the molecule is Cc1c(COc2cc(OCc3cncc(C#N)c3)c(CN3CCCC[C@H]3C(=O)O)cc2Cl)cccc1B1OC(C)(C)C(C)(C)O1. The number of hydrogen-bond acceptors (Lipinski definition) is 8. The van der Waals surface area contributed by atoms with Crippen molar-refractivity contribution in [1.82, 2.24) is 9.88 Å². The number of carboxylic acid groups (broad SMARTS) is 1. The van der Waals surface area contributed by atoms with Crippen molar-refractivity contribution < 1.29 is 28.7 Å². The van der Waals surface area contributed by atoms with Crippen molar-refractivity contribution in [3.05, 3.63) is 81.6 Å². The summed E-state index contributed by atoms with van der Waals surface area (Å²) in [5.74, 6) is 0.128. The maximum absolute atomic E-state index is 12.0. The van der Waals surface area contributed by atoms with Gasteiger partial charge in [-0.3, -0.25) is 14.7 Å². The number of likely N-dealkylation sites (tertiary alicyclic amines) is 1. The van der Waals surface area contributed by atoms with Crippen molar-refractivity contribution >= 4 is 30.2 Å². The van der Waals surface area contributed by atoms with E-state index in [1.807, 2.05) is 57.7 Å². The molecule has 1 atom stereocenters. The molecule has 1 N–H and O–H groups in total. The van der Waals surface area contributed by atoms with Gasteiger partial charge in [0, 0.05) is 36.1 Å². The summed E-state index contributed by atoms with van der Waals surface area (Å²) in [7, 11) is -0.490. The molecule has 0 radical (unpaired) electrons. The highest BCUT2D eigenvalue weighted by Crippen LogP contribution is 2.38. The van der Waals surface area contributed by atoms with Crippen molar-refractivity contribution in [2.45, 2.75) is 90.9 Å². The summed E-state index contributed by atoms with van der Waals surface area (Å²) in [5, 5.41) is 19.5. The van der Waals surface area contributed by atoms with Gasteiger partial charge in [-0.05, 0) is 82.7 Å². The molecule has 45 heavy (non-hydrogen) atoms. The Labute approximate surface area is 270 Å². The molecule has 0 aliphatic carbocycles. The summed E-state index contributed by atoms with van der Waals surface area (Å²) in [6.07, 6.45) is 5.54. The zero-order valence-electron chi connectivity index (χ0n) is 26.4. The lowest BCUT2D eigenvalue weighted by atomic mass is 9.75. The van der Waals surface area contributed by atoms with E-state index in [0.717, 1.165) is 40.6 Å². The van der Waals surface area contributed by atoms with Crippen LogP contribution in [0.2, 0.25) is 5.02 Å². The second kappa shape index (κ2) is 13.4. The van der Waals surface area contributed by atoms with E-state index in [2.05, 4.69) is 11.1 Å². The molecular weight excluding hydrogens is 593 g/mol. The monoisotopic (exact) mass is 631 g/mol. The number of aromatic nitrogens is 1. The number of ether oxygens (including phenoxy) is 2. The number of nitrogens with zero attached hydrogens (tertiary/aromatic N) is 3. The zero-order valence-corrected chi connectivity index (χ0v) is 27.2. The fraction of sp³-hybridized carbons (Fsp3) is 0.441. The van der Waals surface area contributed by atoms with Crippen LogP contribution >= 0.6 is 11.6 Å². The summed E-state index contributed by atoms with van der Waals surface area (Å²) in [4.78, 5) is 18.1. The summed E-state index contributed by atoms with van der Waals surface area (Å²) >= 11 is 6.78. The van der Waals surface area contributed by atoms with Gasteiger partial charge in [0.05, 0.1) is 21.8 Å². The average Bonchev–Trinajstić information content (AvgIpc) is 3.22. The molecule has 3 heterocycles. The largest absolute Gasteiger partial charge is 0.495 e. The Hall–Kier alpha value is -3.62. The van der Waals surface area contributed by atoms with E-state index in [-0.39, 0.29) is 13.2 Å². The summed E-state index contributed by atoms with van der Waals surface area (Å²) < 4.78 is 25.1. The van der Waals surface area contributed by atoms with Crippen molar-refractivity contribution in [2.75, 3.05) is 6.54 Å². The number of rotatable bonds is 10. The van der Waals surface area contributed by atoms with Gasteiger partial charge in [0.25, 0.3) is 0 Å². The molecule has 0 bridgehead atoms. The quantitative estimate of drug-likeness (QED) is 0.277. The van der Waals surface area contributed by atoms with Gasteiger partial charge in [0.15, 0.2) is 0 Å². The predicted molar refractivity (Wildman–Crippen MR) is 172 cm³/mol. The van der Waals surface area contributed by atoms with E-state index in [0.29, 0.717) is 41.6 Å². The molecule has 236 valence electrons. The highest BCUT2D eigenvalue weighted by atomic mass is 35.5. The van der Waals surface area contributed by atoms with E-state index in [1.165, 1.54) is 6.20 Å². The molecule has 0 saturated carbocycles. The van der Waals surface area contributed by atoms with E-state index in [4.69, 9.17) is 30.4 Å². The number of halogens is 1. The second-order valence-electron chi connectivity index (χ2n) is 12.7. The van der Waals surface area contributed by atoms with Crippen LogP contribution in [-0.2, 0) is 33.9 Å². The predicted octanol–water partition coefficient (Wildman–Crippen LogP) is 5.81. The number of aliphatic carboxylic acids is 1. The Morgan fingerprint density at radius 1 is 1.09 bits per heavy atom. The molecule has 0 amide bonds. The van der Waals surface area contributed by atoms with Crippen molar-refractivity contribution in [3.63, 3.8) is 0 Å². The number of nitriles is 1. The minimum absolute atomic E-state index is 0.161. The van der Waals surface area contributed by atoms with Crippen LogP contribution in [0.15, 0.2) is 48.8 Å². The topological polar surface area (TPSA) is 114 Å². The highest BCUT2D eigenvalue weighted by molar-refractivity contribution is 6.62. The maximum atomic E-state index is 12.0. The number of benzene rings is 2. The summed E-state index contributed by atoms with van der Waals surface area (Å²) in [6.45, 7) is 11.6. The van der Waals surface area contributed by atoms with Gasteiger partial charge >= 0.3 is 13.1 Å². The van der Waals surface area contributed by atoms with Crippen LogP contribution in [0.25, 0.3) is 0 Å². The third kappa shape index (κ3) is 7.28. The lowest BCUT2D eigenvalue weighted by Crippen LogP contribution is -2.44. The lowest BCUT2D eigenvalue weighted by Gasteiger charge is -2.33. The normalized spacial score (nSPS) is 19.2. The highest BCUT2D eigenvalue weighted by Gasteiger charge is 2.52. The van der Waals surface area contributed by atoms with Gasteiger partial charge in [-0.15, -0.1) is 0 Å². The Bertz CT molecular complexity index is 1590. The van der Waals surface area contributed by atoms with Crippen LogP contribution < -0.4 is 14.9 Å². The molecule has 2 fully saturated rings. The molecular formula is C34H39BClN3O6. The molecule has 0 spiro atoms. The second-order valence-corrected chi connectivity index (χ2v) is 13.1. The molecule has 2 aliphatic heterocycles.